The summed E-state index contributed by atoms with van der Waals surface area (Å²) in [6, 6.07) is 10.4. The molecule has 72 valence electrons. The first-order chi connectivity index (χ1) is 6.90. The van der Waals surface area contributed by atoms with Crippen molar-refractivity contribution in [2.24, 2.45) is 0 Å². The van der Waals surface area contributed by atoms with Crippen LogP contribution < -0.4 is 0 Å². The van der Waals surface area contributed by atoms with E-state index in [1.54, 1.807) is 0 Å². The molecule has 0 radical (unpaired) electrons. The third-order valence-corrected chi connectivity index (χ3v) is 2.19. The second-order valence-electron chi connectivity index (χ2n) is 3.17. The number of H-pyrrole nitrogens is 1. The lowest BCUT2D eigenvalue weighted by atomic mass is 10.2. The molecule has 0 saturated heterocycles. The lowest BCUT2D eigenvalue weighted by Crippen LogP contribution is -1.92. The van der Waals surface area contributed by atoms with Crippen LogP contribution in [0.1, 0.15) is 5.69 Å². The van der Waals surface area contributed by atoms with Gasteiger partial charge in [0, 0.05) is 17.6 Å². The van der Waals surface area contributed by atoms with Gasteiger partial charge in [0.05, 0.1) is 12.9 Å². The Morgan fingerprint density at radius 1 is 1.36 bits per heavy atom. The summed E-state index contributed by atoms with van der Waals surface area (Å²) in [5.74, 6) is 0. The first-order valence-electron chi connectivity index (χ1n) is 4.69. The predicted molar refractivity (Wildman–Crippen MR) is 58.2 cm³/mol. The fourth-order valence-corrected chi connectivity index (χ4v) is 1.52. The molecule has 0 saturated carbocycles. The van der Waals surface area contributed by atoms with E-state index in [-0.39, 0.29) is 0 Å². The molecule has 14 heavy (non-hydrogen) atoms. The van der Waals surface area contributed by atoms with Gasteiger partial charge in [0.15, 0.2) is 0 Å². The van der Waals surface area contributed by atoms with Gasteiger partial charge >= 0.3 is 0 Å². The second-order valence-corrected chi connectivity index (χ2v) is 3.17. The Bertz CT molecular complexity index is 398. The molecule has 0 bridgehead atoms. The molecule has 2 rings (SSSR count). The molecule has 0 amide bonds. The molecule has 1 N–H and O–H groups in total. The van der Waals surface area contributed by atoms with Crippen LogP contribution in [0.3, 0.4) is 0 Å². The van der Waals surface area contributed by atoms with Gasteiger partial charge in [-0.15, -0.1) is 0 Å². The molecule has 1 aromatic heterocycles. The van der Waals surface area contributed by atoms with Gasteiger partial charge in [-0.05, 0) is 17.5 Å². The van der Waals surface area contributed by atoms with E-state index >= 15 is 0 Å². The van der Waals surface area contributed by atoms with Gasteiger partial charge in [0.1, 0.15) is 0 Å². The number of rotatable bonds is 4. The van der Waals surface area contributed by atoms with Crippen LogP contribution in [0.5, 0.6) is 0 Å². The van der Waals surface area contributed by atoms with Gasteiger partial charge in [0.2, 0.25) is 0 Å². The maximum atomic E-state index is 5.08. The lowest BCUT2D eigenvalue weighted by Gasteiger charge is -1.96. The Morgan fingerprint density at radius 3 is 3.00 bits per heavy atom. The van der Waals surface area contributed by atoms with E-state index in [4.69, 9.17) is 4.74 Å². The standard InChI is InChI=1S/C12H13NO/c1-2-14-8-7-11-9-10-5-3-4-6-12(10)13-11/h2-6,9,13H,1,7-8H2. The minimum Gasteiger partial charge on any atom is -0.501 e. The molecule has 0 aliphatic rings. The summed E-state index contributed by atoms with van der Waals surface area (Å²) in [4.78, 5) is 3.34. The van der Waals surface area contributed by atoms with E-state index in [0.29, 0.717) is 6.61 Å². The Balaban J connectivity index is 2.14. The summed E-state index contributed by atoms with van der Waals surface area (Å²) in [6.45, 7) is 4.18. The number of para-hydroxylation sites is 1. The maximum absolute atomic E-state index is 5.08. The molecule has 0 aliphatic carbocycles. The van der Waals surface area contributed by atoms with Crippen molar-refractivity contribution in [1.82, 2.24) is 4.98 Å². The van der Waals surface area contributed by atoms with Crippen molar-refractivity contribution in [1.29, 1.82) is 0 Å². The van der Waals surface area contributed by atoms with Crippen molar-refractivity contribution in [3.63, 3.8) is 0 Å². The van der Waals surface area contributed by atoms with Crippen LogP contribution in [0.25, 0.3) is 10.9 Å². The summed E-state index contributed by atoms with van der Waals surface area (Å²) in [6.07, 6.45) is 2.36. The fraction of sp³-hybridized carbons (Fsp3) is 0.167. The van der Waals surface area contributed by atoms with Crippen LogP contribution in [0.4, 0.5) is 0 Å². The Morgan fingerprint density at radius 2 is 2.21 bits per heavy atom. The molecule has 1 heterocycles. The van der Waals surface area contributed by atoms with Gasteiger partial charge in [0.25, 0.3) is 0 Å². The maximum Gasteiger partial charge on any atom is 0.0927 e. The van der Waals surface area contributed by atoms with Crippen LogP contribution in [-0.2, 0) is 11.2 Å². The normalized spacial score (nSPS) is 10.3. The number of nitrogens with one attached hydrogen (secondary N) is 1. The van der Waals surface area contributed by atoms with E-state index in [1.165, 1.54) is 22.9 Å². The zero-order chi connectivity index (χ0) is 9.80. The van der Waals surface area contributed by atoms with Crippen LogP contribution in [-0.4, -0.2) is 11.6 Å². The molecular formula is C12H13NO. The highest BCUT2D eigenvalue weighted by Crippen LogP contribution is 2.14. The molecule has 2 nitrogen and oxygen atoms in total. The first kappa shape index (κ1) is 8.88. The molecule has 2 heteroatoms. The van der Waals surface area contributed by atoms with Crippen molar-refractivity contribution in [2.75, 3.05) is 6.61 Å². The van der Waals surface area contributed by atoms with E-state index in [2.05, 4.69) is 29.8 Å². The van der Waals surface area contributed by atoms with Crippen molar-refractivity contribution in [3.8, 4) is 0 Å². The zero-order valence-electron chi connectivity index (χ0n) is 7.99. The fourth-order valence-electron chi connectivity index (χ4n) is 1.52. The number of fused-ring (bicyclic) bond motifs is 1. The van der Waals surface area contributed by atoms with Gasteiger partial charge in [-0.2, -0.15) is 0 Å². The molecule has 0 aliphatic heterocycles. The zero-order valence-corrected chi connectivity index (χ0v) is 7.99. The van der Waals surface area contributed by atoms with Gasteiger partial charge in [-0.3, -0.25) is 0 Å². The second kappa shape index (κ2) is 4.01. The molecule has 0 atom stereocenters. The number of aromatic amines is 1. The van der Waals surface area contributed by atoms with Crippen LogP contribution in [0.2, 0.25) is 0 Å². The third-order valence-electron chi connectivity index (χ3n) is 2.19. The lowest BCUT2D eigenvalue weighted by molar-refractivity contribution is 0.254. The Hall–Kier alpha value is -1.70. The highest BCUT2D eigenvalue weighted by atomic mass is 16.5. The van der Waals surface area contributed by atoms with Crippen molar-refractivity contribution < 1.29 is 4.74 Å². The number of aromatic nitrogens is 1. The summed E-state index contributed by atoms with van der Waals surface area (Å²) in [7, 11) is 0. The molecule has 0 spiro atoms. The summed E-state index contributed by atoms with van der Waals surface area (Å²) < 4.78 is 5.08. The van der Waals surface area contributed by atoms with Gasteiger partial charge in [-0.1, -0.05) is 24.8 Å². The molecule has 0 fully saturated rings. The van der Waals surface area contributed by atoms with E-state index in [0.717, 1.165) is 6.42 Å². The summed E-state index contributed by atoms with van der Waals surface area (Å²) in [5, 5.41) is 1.25. The van der Waals surface area contributed by atoms with E-state index < -0.39 is 0 Å². The summed E-state index contributed by atoms with van der Waals surface area (Å²) >= 11 is 0. The van der Waals surface area contributed by atoms with Gasteiger partial charge < -0.3 is 9.72 Å². The molecule has 0 unspecified atom stereocenters. The minimum atomic E-state index is 0.677. The quantitative estimate of drug-likeness (QED) is 0.577. The van der Waals surface area contributed by atoms with E-state index in [9.17, 15) is 0 Å². The van der Waals surface area contributed by atoms with Crippen molar-refractivity contribution in [2.45, 2.75) is 6.42 Å². The number of benzene rings is 1. The highest BCUT2D eigenvalue weighted by molar-refractivity contribution is 5.80. The number of hydrogen-bond acceptors (Lipinski definition) is 1. The molecular weight excluding hydrogens is 174 g/mol. The monoisotopic (exact) mass is 187 g/mol. The molecule has 1 aromatic carbocycles. The highest BCUT2D eigenvalue weighted by Gasteiger charge is 1.98. The van der Waals surface area contributed by atoms with Crippen molar-refractivity contribution in [3.05, 3.63) is 48.9 Å². The topological polar surface area (TPSA) is 25.0 Å². The van der Waals surface area contributed by atoms with Crippen LogP contribution in [0, 0.1) is 0 Å². The SMILES string of the molecule is C=COCCc1cc2ccccc2[nH]1. The third kappa shape index (κ3) is 1.79. The Labute approximate surface area is 83.2 Å². The average molecular weight is 187 g/mol. The van der Waals surface area contributed by atoms with E-state index in [1.807, 2.05) is 12.1 Å². The van der Waals surface area contributed by atoms with Crippen LogP contribution in [0.15, 0.2) is 43.2 Å². The number of hydrogen-bond donors (Lipinski definition) is 1. The van der Waals surface area contributed by atoms with Gasteiger partial charge in [-0.25, -0.2) is 0 Å². The minimum absolute atomic E-state index is 0.677. The van der Waals surface area contributed by atoms with Crippen LogP contribution >= 0.6 is 0 Å². The predicted octanol–water partition coefficient (Wildman–Crippen LogP) is 2.87. The van der Waals surface area contributed by atoms with Crippen molar-refractivity contribution >= 4 is 10.9 Å². The smallest absolute Gasteiger partial charge is 0.0927 e. The largest absolute Gasteiger partial charge is 0.501 e. The first-order valence-corrected chi connectivity index (χ1v) is 4.69. The molecule has 2 aromatic rings. The Kier molecular flexibility index (Phi) is 2.54. The average Bonchev–Trinajstić information content (AvgIpc) is 2.60. The number of ether oxygens (including phenoxy) is 1. The summed E-state index contributed by atoms with van der Waals surface area (Å²) in [5.41, 5.74) is 2.38.